The quantitative estimate of drug-likeness (QED) is 0.684. The van der Waals surface area contributed by atoms with E-state index in [4.69, 9.17) is 14.0 Å². The Morgan fingerprint density at radius 1 is 1.26 bits per heavy atom. The van der Waals surface area contributed by atoms with Crippen LogP contribution in [0.15, 0.2) is 30.3 Å². The third-order valence-electron chi connectivity index (χ3n) is 8.36. The van der Waals surface area contributed by atoms with Crippen molar-refractivity contribution in [2.24, 2.45) is 17.3 Å². The fourth-order valence-electron chi connectivity index (χ4n) is 6.38. The minimum Gasteiger partial charge on any atom is -0.404 e. The zero-order chi connectivity index (χ0) is 21.6. The van der Waals surface area contributed by atoms with Gasteiger partial charge in [0.15, 0.2) is 0 Å². The largest absolute Gasteiger partial charge is 0.482 e. The van der Waals surface area contributed by atoms with E-state index < -0.39 is 7.12 Å². The molecule has 7 heteroatoms. The summed E-state index contributed by atoms with van der Waals surface area (Å²) in [5, 5.41) is 6.52. The first kappa shape index (κ1) is 21.4. The van der Waals surface area contributed by atoms with Crippen LogP contribution < -0.4 is 10.6 Å². The lowest BCUT2D eigenvalue weighted by molar-refractivity contribution is -0.199. The van der Waals surface area contributed by atoms with Gasteiger partial charge in [0.1, 0.15) is 0 Å². The maximum absolute atomic E-state index is 12.9. The Bertz CT molecular complexity index is 800. The second-order valence-corrected chi connectivity index (χ2v) is 10.6. The highest BCUT2D eigenvalue weighted by Crippen LogP contribution is 2.65. The molecule has 0 radical (unpaired) electrons. The molecule has 2 heterocycles. The first-order valence-corrected chi connectivity index (χ1v) is 11.8. The molecule has 1 aromatic rings. The van der Waals surface area contributed by atoms with Crippen LogP contribution in [0.2, 0.25) is 0 Å². The Kier molecular flexibility index (Phi) is 5.66. The van der Waals surface area contributed by atoms with Crippen LogP contribution in [0.5, 0.6) is 0 Å². The van der Waals surface area contributed by atoms with E-state index in [1.54, 1.807) is 0 Å². The average molecular weight is 426 g/mol. The van der Waals surface area contributed by atoms with Crippen LogP contribution >= 0.6 is 0 Å². The number of carbonyl (C=O) groups excluding carboxylic acids is 1. The molecule has 3 aliphatic carbocycles. The number of hydrogen-bond acceptors (Lipinski definition) is 5. The molecule has 168 valence electrons. The molecule has 2 bridgehead atoms. The number of amides is 1. The fraction of sp³-hybridized carbons (Fsp3) is 0.708. The SMILES string of the molecule is CC1(C)C2CC1[C@]1(C)OB([C@H](Cc3ccccc3)NC(=O)C[C@H]3CNCCO3)O[C@@H]1C2. The van der Waals surface area contributed by atoms with Crippen molar-refractivity contribution in [3.8, 4) is 0 Å². The minimum atomic E-state index is -0.431. The first-order chi connectivity index (χ1) is 14.9. The van der Waals surface area contributed by atoms with Crippen LogP contribution in [0.3, 0.4) is 0 Å². The van der Waals surface area contributed by atoms with Gasteiger partial charge in [-0.15, -0.1) is 0 Å². The van der Waals surface area contributed by atoms with Crippen LogP contribution in [0, 0.1) is 17.3 Å². The van der Waals surface area contributed by atoms with Gasteiger partial charge in [-0.3, -0.25) is 4.79 Å². The Labute approximate surface area is 185 Å². The molecule has 2 aliphatic heterocycles. The number of carbonyl (C=O) groups is 1. The van der Waals surface area contributed by atoms with Gasteiger partial charge < -0.3 is 24.7 Å². The number of benzene rings is 1. The van der Waals surface area contributed by atoms with Crippen molar-refractivity contribution >= 4 is 13.0 Å². The number of nitrogens with one attached hydrogen (secondary N) is 2. The van der Waals surface area contributed by atoms with Crippen molar-refractivity contribution in [3.05, 3.63) is 35.9 Å². The highest BCUT2D eigenvalue weighted by molar-refractivity contribution is 6.48. The van der Waals surface area contributed by atoms with Crippen molar-refractivity contribution in [2.75, 3.05) is 19.7 Å². The monoisotopic (exact) mass is 426 g/mol. The summed E-state index contributed by atoms with van der Waals surface area (Å²) in [6, 6.07) is 10.3. The van der Waals surface area contributed by atoms with E-state index in [-0.39, 0.29) is 29.7 Å². The molecule has 2 saturated heterocycles. The third kappa shape index (κ3) is 3.95. The lowest BCUT2D eigenvalue weighted by Crippen LogP contribution is -2.65. The molecule has 1 amide bonds. The van der Waals surface area contributed by atoms with Gasteiger partial charge in [0, 0.05) is 13.1 Å². The van der Waals surface area contributed by atoms with Crippen molar-refractivity contribution in [1.82, 2.24) is 10.6 Å². The number of ether oxygens (including phenoxy) is 1. The van der Waals surface area contributed by atoms with Gasteiger partial charge >= 0.3 is 7.12 Å². The van der Waals surface area contributed by atoms with Gasteiger partial charge in [-0.1, -0.05) is 44.2 Å². The van der Waals surface area contributed by atoms with Gasteiger partial charge in [-0.05, 0) is 49.0 Å². The summed E-state index contributed by atoms with van der Waals surface area (Å²) in [6.45, 7) is 9.17. The second-order valence-electron chi connectivity index (χ2n) is 10.6. The van der Waals surface area contributed by atoms with Crippen molar-refractivity contribution in [1.29, 1.82) is 0 Å². The molecule has 0 aromatic heterocycles. The van der Waals surface area contributed by atoms with E-state index in [2.05, 4.69) is 43.5 Å². The molecule has 31 heavy (non-hydrogen) atoms. The zero-order valence-corrected chi connectivity index (χ0v) is 18.9. The number of rotatable bonds is 6. The maximum atomic E-state index is 12.9. The summed E-state index contributed by atoms with van der Waals surface area (Å²) >= 11 is 0. The summed E-state index contributed by atoms with van der Waals surface area (Å²) in [5.74, 6) is 0.972. The van der Waals surface area contributed by atoms with E-state index in [0.717, 1.165) is 13.0 Å². The van der Waals surface area contributed by atoms with Crippen LogP contribution in [0.25, 0.3) is 0 Å². The summed E-state index contributed by atoms with van der Waals surface area (Å²) in [4.78, 5) is 12.9. The molecule has 3 saturated carbocycles. The molecule has 2 N–H and O–H groups in total. The first-order valence-electron chi connectivity index (χ1n) is 11.8. The summed E-state index contributed by atoms with van der Waals surface area (Å²) in [6.07, 6.45) is 3.33. The van der Waals surface area contributed by atoms with E-state index >= 15 is 0 Å². The van der Waals surface area contributed by atoms with Gasteiger partial charge in [0.05, 0.1) is 36.8 Å². The van der Waals surface area contributed by atoms with Gasteiger partial charge in [0.25, 0.3) is 0 Å². The van der Waals surface area contributed by atoms with Crippen LogP contribution in [-0.4, -0.2) is 56.5 Å². The highest BCUT2D eigenvalue weighted by Gasteiger charge is 2.68. The van der Waals surface area contributed by atoms with E-state index in [1.807, 2.05) is 18.2 Å². The van der Waals surface area contributed by atoms with Gasteiger partial charge in [-0.25, -0.2) is 0 Å². The van der Waals surface area contributed by atoms with E-state index in [9.17, 15) is 4.79 Å². The van der Waals surface area contributed by atoms with E-state index in [1.165, 1.54) is 12.0 Å². The average Bonchev–Trinajstić information content (AvgIpc) is 3.12. The lowest BCUT2D eigenvalue weighted by atomic mass is 9.43. The van der Waals surface area contributed by atoms with Gasteiger partial charge in [0.2, 0.25) is 5.91 Å². The predicted molar refractivity (Wildman–Crippen MR) is 119 cm³/mol. The molecule has 5 fully saturated rings. The summed E-state index contributed by atoms with van der Waals surface area (Å²) in [5.41, 5.74) is 1.19. The molecule has 6 rings (SSSR count). The summed E-state index contributed by atoms with van der Waals surface area (Å²) in [7, 11) is -0.431. The topological polar surface area (TPSA) is 68.8 Å². The second kappa shape index (κ2) is 8.18. The highest BCUT2D eigenvalue weighted by atomic mass is 16.7. The van der Waals surface area contributed by atoms with Crippen molar-refractivity contribution < 1.29 is 18.8 Å². The molecule has 0 spiro atoms. The Hall–Kier alpha value is -1.41. The summed E-state index contributed by atoms with van der Waals surface area (Å²) < 4.78 is 18.9. The van der Waals surface area contributed by atoms with Crippen LogP contribution in [0.4, 0.5) is 0 Å². The molecular weight excluding hydrogens is 391 g/mol. The Morgan fingerprint density at radius 2 is 2.06 bits per heavy atom. The van der Waals surface area contributed by atoms with Crippen LogP contribution in [-0.2, 0) is 25.3 Å². The Morgan fingerprint density at radius 3 is 2.77 bits per heavy atom. The smallest absolute Gasteiger partial charge is 0.404 e. The van der Waals surface area contributed by atoms with Crippen molar-refractivity contribution in [3.63, 3.8) is 0 Å². The van der Waals surface area contributed by atoms with E-state index in [0.29, 0.717) is 43.2 Å². The third-order valence-corrected chi connectivity index (χ3v) is 8.36. The standard InChI is InChI=1S/C24H35BN2O4/c1-23(2)17-12-19(23)24(3)20(13-17)30-25(31-24)21(11-16-7-5-4-6-8-16)27-22(28)14-18-15-26-9-10-29-18/h4-8,17-21,26H,9-15H2,1-3H3,(H,27,28)/t17?,18-,19?,20+,21-,24-/m0/s1. The normalized spacial score (nSPS) is 36.9. The molecule has 2 unspecified atom stereocenters. The Balaban J connectivity index is 1.30. The number of hydrogen-bond donors (Lipinski definition) is 2. The zero-order valence-electron chi connectivity index (χ0n) is 18.9. The molecule has 6 nitrogen and oxygen atoms in total. The van der Waals surface area contributed by atoms with Crippen LogP contribution in [0.1, 0.15) is 45.6 Å². The molecule has 6 atom stereocenters. The fourth-order valence-corrected chi connectivity index (χ4v) is 6.38. The van der Waals surface area contributed by atoms with Gasteiger partial charge in [-0.2, -0.15) is 0 Å². The minimum absolute atomic E-state index is 0.00788. The predicted octanol–water partition coefficient (Wildman–Crippen LogP) is 2.36. The molecule has 5 aliphatic rings. The number of morpholine rings is 1. The molecule has 1 aromatic carbocycles. The van der Waals surface area contributed by atoms with Crippen molar-refractivity contribution in [2.45, 2.75) is 70.2 Å². The maximum Gasteiger partial charge on any atom is 0.482 e. The lowest BCUT2D eigenvalue weighted by Gasteiger charge is -2.64. The molecular formula is C24H35BN2O4.